The number of β-amino-alcohol motifs (C(OH)–C–C–N with tert-alkyl or cyclic N) is 1. The van der Waals surface area contributed by atoms with Crippen molar-refractivity contribution >= 4 is 5.82 Å². The molecule has 0 saturated carbocycles. The van der Waals surface area contributed by atoms with Gasteiger partial charge in [0.15, 0.2) is 0 Å². The maximum absolute atomic E-state index is 10.5. The number of aryl methyl sites for hydroxylation is 2. The lowest BCUT2D eigenvalue weighted by Crippen LogP contribution is -2.47. The number of pyridine rings is 1. The van der Waals surface area contributed by atoms with Crippen LogP contribution in [-0.2, 0) is 0 Å². The summed E-state index contributed by atoms with van der Waals surface area (Å²) in [5, 5.41) is 10.5. The molecule has 1 atom stereocenters. The normalized spacial score (nSPS) is 17.3. The summed E-state index contributed by atoms with van der Waals surface area (Å²) in [5.74, 6) is 1.04. The van der Waals surface area contributed by atoms with Crippen LogP contribution in [0.1, 0.15) is 22.8 Å². The minimum Gasteiger partial charge on any atom is -0.387 e. The van der Waals surface area contributed by atoms with Crippen LogP contribution in [-0.4, -0.2) is 47.7 Å². The van der Waals surface area contributed by atoms with Gasteiger partial charge >= 0.3 is 0 Å². The van der Waals surface area contributed by atoms with Crippen LogP contribution in [0, 0.1) is 13.8 Å². The van der Waals surface area contributed by atoms with Crippen LogP contribution in [0.3, 0.4) is 0 Å². The molecule has 2 heterocycles. The molecule has 1 fully saturated rings. The van der Waals surface area contributed by atoms with Gasteiger partial charge in [-0.2, -0.15) is 0 Å². The van der Waals surface area contributed by atoms with Gasteiger partial charge in [-0.3, -0.25) is 4.90 Å². The number of piperazine rings is 1. The van der Waals surface area contributed by atoms with Gasteiger partial charge in [0.2, 0.25) is 0 Å². The quantitative estimate of drug-likeness (QED) is 0.942. The summed E-state index contributed by atoms with van der Waals surface area (Å²) in [7, 11) is 0. The summed E-state index contributed by atoms with van der Waals surface area (Å²) in [6, 6.07) is 12.3. The van der Waals surface area contributed by atoms with Crippen LogP contribution in [0.2, 0.25) is 0 Å². The summed E-state index contributed by atoms with van der Waals surface area (Å²) in [6.07, 6.45) is 1.42. The molecule has 0 aliphatic carbocycles. The van der Waals surface area contributed by atoms with Gasteiger partial charge < -0.3 is 10.0 Å². The first-order valence-electron chi connectivity index (χ1n) is 8.26. The predicted molar refractivity (Wildman–Crippen MR) is 93.8 cm³/mol. The second-order valence-electron chi connectivity index (χ2n) is 6.41. The van der Waals surface area contributed by atoms with Crippen LogP contribution in [0.5, 0.6) is 0 Å². The van der Waals surface area contributed by atoms with Gasteiger partial charge in [-0.1, -0.05) is 35.4 Å². The zero-order valence-electron chi connectivity index (χ0n) is 13.9. The highest BCUT2D eigenvalue weighted by atomic mass is 16.3. The Bertz CT molecular complexity index is 616. The molecule has 0 spiro atoms. The molecule has 1 unspecified atom stereocenters. The highest BCUT2D eigenvalue weighted by molar-refractivity contribution is 5.38. The van der Waals surface area contributed by atoms with Crippen LogP contribution in [0.25, 0.3) is 0 Å². The Morgan fingerprint density at radius 3 is 2.35 bits per heavy atom. The summed E-state index contributed by atoms with van der Waals surface area (Å²) in [5.41, 5.74) is 3.44. The van der Waals surface area contributed by atoms with Gasteiger partial charge in [0.05, 0.1) is 6.10 Å². The molecule has 4 heteroatoms. The number of anilines is 1. The molecule has 1 aromatic heterocycles. The molecule has 2 aromatic rings. The fourth-order valence-corrected chi connectivity index (χ4v) is 3.25. The number of hydrogen-bond donors (Lipinski definition) is 1. The first kappa shape index (κ1) is 16.0. The highest BCUT2D eigenvalue weighted by Crippen LogP contribution is 2.19. The highest BCUT2D eigenvalue weighted by Gasteiger charge is 2.20. The van der Waals surface area contributed by atoms with E-state index in [-0.39, 0.29) is 0 Å². The zero-order valence-corrected chi connectivity index (χ0v) is 13.9. The van der Waals surface area contributed by atoms with E-state index in [1.165, 1.54) is 11.1 Å². The molecule has 1 saturated heterocycles. The molecule has 1 N–H and O–H groups in total. The third kappa shape index (κ3) is 4.09. The monoisotopic (exact) mass is 311 g/mol. The summed E-state index contributed by atoms with van der Waals surface area (Å²) >= 11 is 0. The minimum absolute atomic E-state index is 0.421. The van der Waals surface area contributed by atoms with E-state index in [1.807, 2.05) is 18.3 Å². The average molecular weight is 311 g/mol. The molecular weight excluding hydrogens is 286 g/mol. The largest absolute Gasteiger partial charge is 0.387 e. The third-order valence-corrected chi connectivity index (χ3v) is 4.41. The summed E-state index contributed by atoms with van der Waals surface area (Å²) in [6.45, 7) is 8.67. The van der Waals surface area contributed by atoms with Crippen molar-refractivity contribution in [2.75, 3.05) is 37.6 Å². The van der Waals surface area contributed by atoms with E-state index in [0.717, 1.165) is 37.6 Å². The van der Waals surface area contributed by atoms with Gasteiger partial charge in [-0.15, -0.1) is 0 Å². The van der Waals surface area contributed by atoms with Crippen molar-refractivity contribution in [3.05, 3.63) is 59.3 Å². The number of nitrogens with zero attached hydrogens (tertiary/aromatic N) is 3. The van der Waals surface area contributed by atoms with E-state index in [2.05, 4.69) is 52.9 Å². The van der Waals surface area contributed by atoms with Gasteiger partial charge in [0, 0.05) is 38.9 Å². The maximum Gasteiger partial charge on any atom is 0.128 e. The van der Waals surface area contributed by atoms with Crippen molar-refractivity contribution in [2.24, 2.45) is 0 Å². The lowest BCUT2D eigenvalue weighted by Gasteiger charge is -2.36. The van der Waals surface area contributed by atoms with E-state index >= 15 is 0 Å². The van der Waals surface area contributed by atoms with E-state index in [0.29, 0.717) is 6.54 Å². The Balaban J connectivity index is 1.56. The van der Waals surface area contributed by atoms with Crippen LogP contribution in [0.15, 0.2) is 42.6 Å². The van der Waals surface area contributed by atoms with Crippen molar-refractivity contribution in [3.8, 4) is 0 Å². The lowest BCUT2D eigenvalue weighted by atomic mass is 10.0. The molecule has 23 heavy (non-hydrogen) atoms. The Morgan fingerprint density at radius 2 is 1.74 bits per heavy atom. The Hall–Kier alpha value is -1.91. The topological polar surface area (TPSA) is 39.6 Å². The Labute approximate surface area is 138 Å². The fourth-order valence-electron chi connectivity index (χ4n) is 3.25. The minimum atomic E-state index is -0.421. The molecule has 0 amide bonds. The average Bonchev–Trinajstić information content (AvgIpc) is 2.55. The first-order chi connectivity index (χ1) is 11.1. The van der Waals surface area contributed by atoms with Crippen molar-refractivity contribution in [1.29, 1.82) is 0 Å². The maximum atomic E-state index is 10.5. The lowest BCUT2D eigenvalue weighted by molar-refractivity contribution is 0.109. The zero-order chi connectivity index (χ0) is 16.2. The van der Waals surface area contributed by atoms with Gasteiger partial charge in [0.25, 0.3) is 0 Å². The molecule has 1 aromatic carbocycles. The molecule has 3 rings (SSSR count). The summed E-state index contributed by atoms with van der Waals surface area (Å²) in [4.78, 5) is 9.05. The van der Waals surface area contributed by atoms with Crippen LogP contribution >= 0.6 is 0 Å². The van der Waals surface area contributed by atoms with Crippen LogP contribution in [0.4, 0.5) is 5.82 Å². The summed E-state index contributed by atoms with van der Waals surface area (Å²) < 4.78 is 0. The van der Waals surface area contributed by atoms with Crippen molar-refractivity contribution in [3.63, 3.8) is 0 Å². The standard InChI is InChI=1S/C19H25N3O/c1-15-11-16(2)13-17(12-15)18(23)14-21-7-9-22(10-8-21)19-5-3-4-6-20-19/h3-6,11-13,18,23H,7-10,14H2,1-2H3. The number of aromatic nitrogens is 1. The van der Waals surface area contributed by atoms with Crippen LogP contribution < -0.4 is 4.90 Å². The van der Waals surface area contributed by atoms with Gasteiger partial charge in [-0.25, -0.2) is 4.98 Å². The second-order valence-corrected chi connectivity index (χ2v) is 6.41. The number of aliphatic hydroxyl groups is 1. The Morgan fingerprint density at radius 1 is 1.04 bits per heavy atom. The van der Waals surface area contributed by atoms with Crippen molar-refractivity contribution < 1.29 is 5.11 Å². The molecule has 1 aliphatic rings. The smallest absolute Gasteiger partial charge is 0.128 e. The second kappa shape index (κ2) is 7.11. The predicted octanol–water partition coefficient (Wildman–Crippen LogP) is 2.55. The van der Waals surface area contributed by atoms with Crippen molar-refractivity contribution in [2.45, 2.75) is 20.0 Å². The van der Waals surface area contributed by atoms with Crippen molar-refractivity contribution in [1.82, 2.24) is 9.88 Å². The molecule has 1 aliphatic heterocycles. The number of rotatable bonds is 4. The molecule has 122 valence electrons. The van der Waals surface area contributed by atoms with Gasteiger partial charge in [0.1, 0.15) is 5.82 Å². The Kier molecular flexibility index (Phi) is 4.94. The molecular formula is C19H25N3O. The van der Waals surface area contributed by atoms with E-state index in [1.54, 1.807) is 0 Å². The molecule has 4 nitrogen and oxygen atoms in total. The van der Waals surface area contributed by atoms with E-state index in [9.17, 15) is 5.11 Å². The first-order valence-corrected chi connectivity index (χ1v) is 8.26. The van der Waals surface area contributed by atoms with Gasteiger partial charge in [-0.05, 0) is 31.5 Å². The molecule has 0 bridgehead atoms. The number of benzene rings is 1. The molecule has 0 radical (unpaired) electrons. The fraction of sp³-hybridized carbons (Fsp3) is 0.421. The SMILES string of the molecule is Cc1cc(C)cc(C(O)CN2CCN(c3ccccn3)CC2)c1. The number of hydrogen-bond acceptors (Lipinski definition) is 4. The third-order valence-electron chi connectivity index (χ3n) is 4.41. The van der Waals surface area contributed by atoms with E-state index < -0.39 is 6.10 Å². The number of aliphatic hydroxyl groups excluding tert-OH is 1. The van der Waals surface area contributed by atoms with E-state index in [4.69, 9.17) is 0 Å².